The lowest BCUT2D eigenvalue weighted by molar-refractivity contribution is -0.137. The number of benzene rings is 1. The van der Waals surface area contributed by atoms with Crippen molar-refractivity contribution < 1.29 is 13.2 Å². The second-order valence-electron chi connectivity index (χ2n) is 7.89. The van der Waals surface area contributed by atoms with Crippen molar-refractivity contribution in [2.75, 3.05) is 18.0 Å². The van der Waals surface area contributed by atoms with E-state index in [1.165, 1.54) is 30.3 Å². The SMILES string of the molecule is FC(F)(F)c1cc(Cl)ccc1-n1nnnc1CSc1nnc(N2CCCCC2)n1C1CC1. The molecule has 8 nitrogen and oxygen atoms in total. The van der Waals surface area contributed by atoms with Gasteiger partial charge in [0.25, 0.3) is 0 Å². The summed E-state index contributed by atoms with van der Waals surface area (Å²) in [6.45, 7) is 1.93. The number of piperidine rings is 1. The number of alkyl halides is 3. The Hall–Kier alpha value is -2.34. The number of thioether (sulfide) groups is 1. The molecular formula is C19H20ClF3N8S. The zero-order valence-corrected chi connectivity index (χ0v) is 18.5. The molecule has 0 radical (unpaired) electrons. The smallest absolute Gasteiger partial charge is 0.341 e. The minimum Gasteiger partial charge on any atom is -0.341 e. The van der Waals surface area contributed by atoms with Gasteiger partial charge in [-0.15, -0.1) is 15.3 Å². The van der Waals surface area contributed by atoms with Crippen LogP contribution in [-0.2, 0) is 11.9 Å². The van der Waals surface area contributed by atoms with Crippen LogP contribution in [0.5, 0.6) is 0 Å². The van der Waals surface area contributed by atoms with Crippen molar-refractivity contribution in [1.29, 1.82) is 0 Å². The molecule has 3 heterocycles. The average molecular weight is 485 g/mol. The van der Waals surface area contributed by atoms with E-state index in [4.69, 9.17) is 11.6 Å². The maximum Gasteiger partial charge on any atom is 0.418 e. The second kappa shape index (κ2) is 8.54. The minimum absolute atomic E-state index is 0.00662. The Labute approximate surface area is 191 Å². The van der Waals surface area contributed by atoms with Crippen molar-refractivity contribution in [3.05, 3.63) is 34.6 Å². The molecule has 1 aliphatic carbocycles. The molecule has 2 aromatic heterocycles. The molecule has 1 saturated heterocycles. The summed E-state index contributed by atoms with van der Waals surface area (Å²) >= 11 is 7.17. The first-order valence-corrected chi connectivity index (χ1v) is 11.7. The number of tetrazole rings is 1. The molecule has 1 saturated carbocycles. The van der Waals surface area contributed by atoms with Gasteiger partial charge in [0, 0.05) is 24.2 Å². The first kappa shape index (κ1) is 21.5. The molecule has 2 fully saturated rings. The van der Waals surface area contributed by atoms with Crippen LogP contribution in [0.4, 0.5) is 19.1 Å². The van der Waals surface area contributed by atoms with E-state index in [1.54, 1.807) is 0 Å². The minimum atomic E-state index is -4.59. The van der Waals surface area contributed by atoms with Gasteiger partial charge in [0.05, 0.1) is 17.0 Å². The van der Waals surface area contributed by atoms with Crippen LogP contribution in [0, 0.1) is 0 Å². The molecular weight excluding hydrogens is 465 g/mol. The standard InChI is InChI=1S/C19H20ClF3N8S/c20-12-4-7-15(14(10-12)19(21,22)23)31-16(24-27-28-31)11-32-18-26-25-17(30(18)13-5-6-13)29-8-2-1-3-9-29/h4,7,10,13H,1-3,5-6,8-9,11H2. The Morgan fingerprint density at radius 3 is 2.56 bits per heavy atom. The molecule has 2 aliphatic rings. The summed E-state index contributed by atoms with van der Waals surface area (Å²) in [5, 5.41) is 20.9. The molecule has 170 valence electrons. The normalized spacial score (nSPS) is 17.2. The Morgan fingerprint density at radius 1 is 1.06 bits per heavy atom. The summed E-state index contributed by atoms with van der Waals surface area (Å²) in [5.74, 6) is 1.41. The highest BCUT2D eigenvalue weighted by molar-refractivity contribution is 7.98. The zero-order chi connectivity index (χ0) is 22.3. The van der Waals surface area contributed by atoms with E-state index in [9.17, 15) is 13.2 Å². The predicted octanol–water partition coefficient (Wildman–Crippen LogP) is 4.54. The molecule has 0 N–H and O–H groups in total. The van der Waals surface area contributed by atoms with E-state index >= 15 is 0 Å². The number of halogens is 4. The van der Waals surface area contributed by atoms with Crippen LogP contribution in [0.1, 0.15) is 49.5 Å². The van der Waals surface area contributed by atoms with E-state index in [2.05, 4.69) is 35.2 Å². The van der Waals surface area contributed by atoms with Gasteiger partial charge >= 0.3 is 6.18 Å². The molecule has 1 aromatic carbocycles. The lowest BCUT2D eigenvalue weighted by Gasteiger charge is -2.27. The first-order chi connectivity index (χ1) is 15.4. The maximum absolute atomic E-state index is 13.6. The Balaban J connectivity index is 1.41. The van der Waals surface area contributed by atoms with Crippen LogP contribution in [0.3, 0.4) is 0 Å². The van der Waals surface area contributed by atoms with Gasteiger partial charge in [0.2, 0.25) is 5.95 Å². The largest absolute Gasteiger partial charge is 0.418 e. The fourth-order valence-corrected chi connectivity index (χ4v) is 4.94. The van der Waals surface area contributed by atoms with Crippen LogP contribution < -0.4 is 4.90 Å². The summed E-state index contributed by atoms with van der Waals surface area (Å²) in [7, 11) is 0. The van der Waals surface area contributed by atoms with Crippen molar-refractivity contribution in [2.45, 2.75) is 55.2 Å². The van der Waals surface area contributed by atoms with Gasteiger partial charge in [-0.05, 0) is 60.7 Å². The van der Waals surface area contributed by atoms with Crippen molar-refractivity contribution in [3.8, 4) is 5.69 Å². The van der Waals surface area contributed by atoms with Crippen molar-refractivity contribution in [3.63, 3.8) is 0 Å². The van der Waals surface area contributed by atoms with Crippen LogP contribution in [0.15, 0.2) is 23.4 Å². The quantitative estimate of drug-likeness (QED) is 0.475. The fraction of sp³-hybridized carbons (Fsp3) is 0.526. The molecule has 0 bridgehead atoms. The van der Waals surface area contributed by atoms with E-state index in [0.717, 1.165) is 60.6 Å². The summed E-state index contributed by atoms with van der Waals surface area (Å²) < 4.78 is 43.9. The summed E-state index contributed by atoms with van der Waals surface area (Å²) in [5.41, 5.74) is -1.06. The van der Waals surface area contributed by atoms with E-state index in [0.29, 0.717) is 6.04 Å². The Kier molecular flexibility index (Phi) is 5.74. The number of hydrogen-bond acceptors (Lipinski definition) is 7. The second-order valence-corrected chi connectivity index (χ2v) is 9.27. The Morgan fingerprint density at radius 2 is 1.84 bits per heavy atom. The van der Waals surface area contributed by atoms with Crippen molar-refractivity contribution >= 4 is 29.3 Å². The number of rotatable bonds is 6. The van der Waals surface area contributed by atoms with Gasteiger partial charge in [0.15, 0.2) is 11.0 Å². The van der Waals surface area contributed by atoms with Crippen LogP contribution >= 0.6 is 23.4 Å². The van der Waals surface area contributed by atoms with Gasteiger partial charge in [-0.25, -0.2) is 0 Å². The fourth-order valence-electron chi connectivity index (χ4n) is 3.86. The number of nitrogens with zero attached hydrogens (tertiary/aromatic N) is 8. The average Bonchev–Trinajstić information content (AvgIpc) is 3.35. The Bertz CT molecular complexity index is 1100. The predicted molar refractivity (Wildman–Crippen MR) is 113 cm³/mol. The number of anilines is 1. The van der Waals surface area contributed by atoms with Gasteiger partial charge in [0.1, 0.15) is 0 Å². The first-order valence-electron chi connectivity index (χ1n) is 10.4. The number of aromatic nitrogens is 7. The highest BCUT2D eigenvalue weighted by Gasteiger charge is 2.36. The van der Waals surface area contributed by atoms with Gasteiger partial charge < -0.3 is 4.90 Å². The summed E-state index contributed by atoms with van der Waals surface area (Å²) in [4.78, 5) is 2.27. The van der Waals surface area contributed by atoms with Crippen molar-refractivity contribution in [2.24, 2.45) is 0 Å². The van der Waals surface area contributed by atoms with E-state index in [-0.39, 0.29) is 22.3 Å². The summed E-state index contributed by atoms with van der Waals surface area (Å²) in [6, 6.07) is 3.91. The lowest BCUT2D eigenvalue weighted by Crippen LogP contribution is -2.31. The van der Waals surface area contributed by atoms with Crippen molar-refractivity contribution in [1.82, 2.24) is 35.0 Å². The third-order valence-electron chi connectivity index (χ3n) is 5.55. The van der Waals surface area contributed by atoms with Crippen LogP contribution in [0.25, 0.3) is 5.69 Å². The highest BCUT2D eigenvalue weighted by Crippen LogP contribution is 2.42. The van der Waals surface area contributed by atoms with Gasteiger partial charge in [-0.2, -0.15) is 17.9 Å². The number of hydrogen-bond donors (Lipinski definition) is 0. The van der Waals surface area contributed by atoms with E-state index < -0.39 is 11.7 Å². The zero-order valence-electron chi connectivity index (χ0n) is 17.0. The highest BCUT2D eigenvalue weighted by atomic mass is 35.5. The monoisotopic (exact) mass is 484 g/mol. The molecule has 0 unspecified atom stereocenters. The summed E-state index contributed by atoms with van der Waals surface area (Å²) in [6.07, 6.45) is 1.05. The van der Waals surface area contributed by atoms with Crippen LogP contribution in [0.2, 0.25) is 5.02 Å². The van der Waals surface area contributed by atoms with Gasteiger partial charge in [-0.1, -0.05) is 23.4 Å². The third-order valence-corrected chi connectivity index (χ3v) is 6.73. The van der Waals surface area contributed by atoms with Crippen LogP contribution in [-0.4, -0.2) is 48.1 Å². The molecule has 5 rings (SSSR count). The molecule has 32 heavy (non-hydrogen) atoms. The molecule has 1 aliphatic heterocycles. The van der Waals surface area contributed by atoms with E-state index in [1.807, 2.05) is 0 Å². The topological polar surface area (TPSA) is 77.5 Å². The molecule has 3 aromatic rings. The lowest BCUT2D eigenvalue weighted by atomic mass is 10.1. The third kappa shape index (κ3) is 4.29. The molecule has 0 spiro atoms. The maximum atomic E-state index is 13.6. The molecule has 0 atom stereocenters. The molecule has 13 heteroatoms. The van der Waals surface area contributed by atoms with Gasteiger partial charge in [-0.3, -0.25) is 4.57 Å². The molecule has 0 amide bonds.